The van der Waals surface area contributed by atoms with Crippen molar-refractivity contribution in [3.63, 3.8) is 0 Å². The van der Waals surface area contributed by atoms with Crippen LogP contribution in [0.2, 0.25) is 0 Å². The molecule has 256 valence electrons. The maximum absolute atomic E-state index is 14.8. The zero-order valence-corrected chi connectivity index (χ0v) is 29.5. The number of ketones is 1. The number of pyridine rings is 1. The number of rotatable bonds is 7. The molecule has 0 amide bonds. The van der Waals surface area contributed by atoms with Gasteiger partial charge >= 0.3 is 0 Å². The maximum Gasteiger partial charge on any atom is 0.208 e. The van der Waals surface area contributed by atoms with E-state index < -0.39 is 17.1 Å². The molecular formula is C42H44N4O3S. The van der Waals surface area contributed by atoms with E-state index in [1.54, 1.807) is 12.4 Å². The Bertz CT molecular complexity index is 1990. The molecule has 8 rings (SSSR count). The van der Waals surface area contributed by atoms with Crippen LogP contribution in [-0.2, 0) is 6.42 Å². The SMILES string of the molecule is CC1=CCC[C@@]2(C)[C@@H](CC[C@@]2(O)CSc2n[nH]c(-c3ccncc3)n2)c2ccc(cc2C(=O)c2ccccc2-c2ccccc2)C[C@@H](O)CC1. The number of carbonyl (C=O) groups is 1. The lowest BCUT2D eigenvalue weighted by Gasteiger charge is -2.44. The number of benzene rings is 3. The number of aliphatic hydroxyl groups excluding tert-OH is 1. The summed E-state index contributed by atoms with van der Waals surface area (Å²) in [4.78, 5) is 23.6. The Kier molecular flexibility index (Phi) is 9.87. The van der Waals surface area contributed by atoms with Crippen molar-refractivity contribution in [3.8, 4) is 22.5 Å². The summed E-state index contributed by atoms with van der Waals surface area (Å²) in [7, 11) is 0. The molecule has 0 spiro atoms. The Morgan fingerprint density at radius 3 is 2.54 bits per heavy atom. The number of thioether (sulfide) groups is 1. The van der Waals surface area contributed by atoms with Crippen molar-refractivity contribution in [1.82, 2.24) is 20.2 Å². The molecule has 3 aliphatic carbocycles. The molecule has 2 bridgehead atoms. The van der Waals surface area contributed by atoms with Crippen molar-refractivity contribution in [2.45, 2.75) is 81.6 Å². The second-order valence-electron chi connectivity index (χ2n) is 14.2. The van der Waals surface area contributed by atoms with Crippen LogP contribution in [0.25, 0.3) is 22.5 Å². The van der Waals surface area contributed by atoms with E-state index in [4.69, 9.17) is 4.98 Å². The summed E-state index contributed by atoms with van der Waals surface area (Å²) in [6.07, 6.45) is 10.1. The number of hydrogen-bond donors (Lipinski definition) is 3. The van der Waals surface area contributed by atoms with E-state index in [0.29, 0.717) is 47.1 Å². The summed E-state index contributed by atoms with van der Waals surface area (Å²) >= 11 is 1.47. The van der Waals surface area contributed by atoms with Crippen LogP contribution in [0.15, 0.2) is 114 Å². The topological polar surface area (TPSA) is 112 Å². The molecule has 0 unspecified atom stereocenters. The van der Waals surface area contributed by atoms with Gasteiger partial charge in [-0.25, -0.2) is 4.98 Å². The van der Waals surface area contributed by atoms with Gasteiger partial charge in [0.25, 0.3) is 0 Å². The third-order valence-electron chi connectivity index (χ3n) is 11.0. The van der Waals surface area contributed by atoms with E-state index in [1.165, 1.54) is 17.3 Å². The monoisotopic (exact) mass is 684 g/mol. The van der Waals surface area contributed by atoms with Gasteiger partial charge in [-0.15, -0.1) is 5.10 Å². The van der Waals surface area contributed by atoms with Gasteiger partial charge in [0.15, 0.2) is 11.6 Å². The standard InChI is InChI=1S/C42H44N4O3S/c1-28-9-8-21-41(2)37(18-22-42(41,49)27-50-40-44-39(45-46-40)31-19-23-43-24-20-31)34-17-15-29(25-32(47)16-14-28)26-36(34)38(48)35-13-7-6-12-33(35)30-10-4-3-5-11-30/h3-7,9-13,15,17,19-20,23-24,26,32,37,47,49H,8,14,16,18,21-22,25,27H2,1-2H3,(H,44,45,46)/t32-,37-,41-,42+/m0/s1. The van der Waals surface area contributed by atoms with E-state index >= 15 is 0 Å². The number of aromatic nitrogens is 4. The number of aliphatic hydroxyl groups is 2. The molecule has 0 radical (unpaired) electrons. The molecule has 0 saturated heterocycles. The van der Waals surface area contributed by atoms with Gasteiger partial charge < -0.3 is 10.2 Å². The van der Waals surface area contributed by atoms with Gasteiger partial charge in [-0.05, 0) is 98.2 Å². The molecule has 1 saturated carbocycles. The van der Waals surface area contributed by atoms with Crippen molar-refractivity contribution in [2.75, 3.05) is 5.75 Å². The minimum Gasteiger partial charge on any atom is -0.393 e. The second kappa shape index (κ2) is 14.5. The van der Waals surface area contributed by atoms with Crippen LogP contribution < -0.4 is 0 Å². The van der Waals surface area contributed by atoms with Crippen LogP contribution in [-0.4, -0.2) is 53.6 Å². The molecule has 2 heterocycles. The second-order valence-corrected chi connectivity index (χ2v) is 15.1. The fourth-order valence-corrected chi connectivity index (χ4v) is 9.11. The Morgan fingerprint density at radius 2 is 1.72 bits per heavy atom. The number of hydrogen-bond acceptors (Lipinski definition) is 7. The molecular weight excluding hydrogens is 641 g/mol. The minimum atomic E-state index is -1.03. The van der Waals surface area contributed by atoms with E-state index in [0.717, 1.165) is 53.5 Å². The maximum atomic E-state index is 14.8. The predicted octanol–water partition coefficient (Wildman–Crippen LogP) is 8.60. The summed E-state index contributed by atoms with van der Waals surface area (Å²) in [5.41, 5.74) is 5.69. The molecule has 8 heteroatoms. The van der Waals surface area contributed by atoms with E-state index in [9.17, 15) is 15.0 Å². The molecule has 3 N–H and O–H groups in total. The van der Waals surface area contributed by atoms with Crippen molar-refractivity contribution in [3.05, 3.63) is 131 Å². The summed E-state index contributed by atoms with van der Waals surface area (Å²) in [6, 6.07) is 27.8. The Hall–Kier alpha value is -4.37. The number of H-pyrrole nitrogens is 1. The van der Waals surface area contributed by atoms with Gasteiger partial charge in [0.05, 0.1) is 11.7 Å². The van der Waals surface area contributed by atoms with Gasteiger partial charge in [-0.1, -0.05) is 97.1 Å². The molecule has 7 nitrogen and oxygen atoms in total. The van der Waals surface area contributed by atoms with Gasteiger partial charge in [0, 0.05) is 40.3 Å². The Morgan fingerprint density at radius 1 is 0.940 bits per heavy atom. The first-order chi connectivity index (χ1) is 24.2. The van der Waals surface area contributed by atoms with Crippen LogP contribution in [0.3, 0.4) is 0 Å². The lowest BCUT2D eigenvalue weighted by Crippen LogP contribution is -2.46. The average molecular weight is 685 g/mol. The van der Waals surface area contributed by atoms with E-state index in [2.05, 4.69) is 47.2 Å². The molecule has 1 fully saturated rings. The Balaban J connectivity index is 1.27. The number of allylic oxidation sites excluding steroid dienone is 2. The summed E-state index contributed by atoms with van der Waals surface area (Å²) in [5, 5.41) is 31.8. The van der Waals surface area contributed by atoms with Crippen LogP contribution in [0.4, 0.5) is 0 Å². The number of aromatic amines is 1. The smallest absolute Gasteiger partial charge is 0.208 e. The van der Waals surface area contributed by atoms with Crippen LogP contribution in [0.5, 0.6) is 0 Å². The summed E-state index contributed by atoms with van der Waals surface area (Å²) < 4.78 is 0. The fraction of sp³-hybridized carbons (Fsp3) is 0.333. The van der Waals surface area contributed by atoms with E-state index in [1.807, 2.05) is 72.8 Å². The quantitative estimate of drug-likeness (QED) is 0.0894. The zero-order valence-electron chi connectivity index (χ0n) is 28.7. The molecule has 3 aliphatic rings. The number of carbonyl (C=O) groups excluding carboxylic acids is 1. The van der Waals surface area contributed by atoms with Crippen molar-refractivity contribution < 1.29 is 15.0 Å². The van der Waals surface area contributed by atoms with E-state index in [-0.39, 0.29) is 11.7 Å². The summed E-state index contributed by atoms with van der Waals surface area (Å²) in [5.74, 6) is 1.00. The minimum absolute atomic E-state index is 0.0323. The normalized spacial score (nSPS) is 24.0. The molecule has 0 aliphatic heterocycles. The van der Waals surface area contributed by atoms with Gasteiger partial charge in [0.2, 0.25) is 5.16 Å². The molecule has 4 atom stereocenters. The highest BCUT2D eigenvalue weighted by Gasteiger charge is 2.56. The Labute approximate surface area is 298 Å². The highest BCUT2D eigenvalue weighted by atomic mass is 32.2. The van der Waals surface area contributed by atoms with Gasteiger partial charge in [0.1, 0.15) is 0 Å². The first-order valence-corrected chi connectivity index (χ1v) is 18.6. The highest BCUT2D eigenvalue weighted by molar-refractivity contribution is 7.99. The average Bonchev–Trinajstić information content (AvgIpc) is 3.72. The van der Waals surface area contributed by atoms with Crippen LogP contribution >= 0.6 is 11.8 Å². The zero-order chi connectivity index (χ0) is 34.7. The van der Waals surface area contributed by atoms with Gasteiger partial charge in [-0.2, -0.15) is 0 Å². The molecule has 5 aromatic rings. The van der Waals surface area contributed by atoms with Crippen LogP contribution in [0, 0.1) is 5.41 Å². The molecule has 2 aromatic heterocycles. The largest absolute Gasteiger partial charge is 0.393 e. The molecule has 3 aromatic carbocycles. The predicted molar refractivity (Wildman–Crippen MR) is 199 cm³/mol. The number of fused-ring (bicyclic) bond motifs is 8. The number of nitrogens with zero attached hydrogens (tertiary/aromatic N) is 3. The first-order valence-electron chi connectivity index (χ1n) is 17.6. The van der Waals surface area contributed by atoms with Crippen molar-refractivity contribution >= 4 is 17.5 Å². The third kappa shape index (κ3) is 6.84. The number of nitrogens with one attached hydrogen (secondary N) is 1. The van der Waals surface area contributed by atoms with Crippen LogP contribution in [0.1, 0.15) is 85.3 Å². The van der Waals surface area contributed by atoms with Crippen molar-refractivity contribution in [1.29, 1.82) is 0 Å². The fourth-order valence-electron chi connectivity index (χ4n) is 8.00. The lowest BCUT2D eigenvalue weighted by molar-refractivity contribution is -0.0422. The molecule has 50 heavy (non-hydrogen) atoms. The highest BCUT2D eigenvalue weighted by Crippen LogP contribution is 2.59. The van der Waals surface area contributed by atoms with Gasteiger partial charge in [-0.3, -0.25) is 14.9 Å². The summed E-state index contributed by atoms with van der Waals surface area (Å²) in [6.45, 7) is 4.35. The first kappa shape index (κ1) is 34.1. The third-order valence-corrected chi connectivity index (χ3v) is 12.1. The van der Waals surface area contributed by atoms with Crippen molar-refractivity contribution in [2.24, 2.45) is 5.41 Å². The lowest BCUT2D eigenvalue weighted by atomic mass is 9.65.